The molecule has 1 atom stereocenters. The van der Waals surface area contributed by atoms with Gasteiger partial charge in [0.05, 0.1) is 18.7 Å². The number of methoxy groups -OCH3 is 1. The molecule has 1 saturated heterocycles. The zero-order valence-corrected chi connectivity index (χ0v) is 16.3. The summed E-state index contributed by atoms with van der Waals surface area (Å²) in [5.41, 5.74) is 1.69. The topological polar surface area (TPSA) is 57.7 Å². The molecule has 1 amide bonds. The summed E-state index contributed by atoms with van der Waals surface area (Å²) in [5.74, 6) is 1.52. The van der Waals surface area contributed by atoms with E-state index >= 15 is 0 Å². The molecule has 27 heavy (non-hydrogen) atoms. The maximum absolute atomic E-state index is 12.9. The van der Waals surface area contributed by atoms with Crippen LogP contribution >= 0.6 is 0 Å². The molecular weight excluding hydrogens is 340 g/mol. The van der Waals surface area contributed by atoms with E-state index in [0.717, 1.165) is 43.1 Å². The van der Waals surface area contributed by atoms with Crippen LogP contribution in [0.2, 0.25) is 0 Å². The molecule has 1 aromatic heterocycles. The van der Waals surface area contributed by atoms with Crippen LogP contribution in [0.1, 0.15) is 34.8 Å². The molecule has 1 unspecified atom stereocenters. The minimum atomic E-state index is -0.0910. The number of likely N-dealkylation sites (N-methyl/N-ethyl adjacent to an activating group) is 1. The minimum absolute atomic E-state index is 0.0111. The molecular formula is C21H28N4O2. The van der Waals surface area contributed by atoms with E-state index in [1.54, 1.807) is 13.3 Å². The Bertz CT molecular complexity index is 772. The predicted octanol–water partition coefficient (Wildman–Crippen LogP) is 2.72. The fourth-order valence-electron chi connectivity index (χ4n) is 3.55. The number of hydrogen-bond acceptors (Lipinski definition) is 5. The summed E-state index contributed by atoms with van der Waals surface area (Å²) in [6.45, 7) is 2.40. The van der Waals surface area contributed by atoms with Crippen LogP contribution in [0.4, 0.5) is 5.82 Å². The first-order valence-corrected chi connectivity index (χ1v) is 9.39. The van der Waals surface area contributed by atoms with Crippen LogP contribution in [-0.4, -0.2) is 56.6 Å². The number of benzene rings is 1. The summed E-state index contributed by atoms with van der Waals surface area (Å²) in [7, 11) is 5.67. The third-order valence-corrected chi connectivity index (χ3v) is 5.01. The largest absolute Gasteiger partial charge is 0.496 e. The SMILES string of the molecule is COc1ccccc1C(CNC(=O)c1cccnc1N1CCCC1)N(C)C. The molecule has 6 heteroatoms. The number of para-hydroxylation sites is 1. The molecule has 144 valence electrons. The number of nitrogens with zero attached hydrogens (tertiary/aromatic N) is 3. The summed E-state index contributed by atoms with van der Waals surface area (Å²) < 4.78 is 5.50. The Morgan fingerprint density at radius 2 is 1.96 bits per heavy atom. The molecule has 6 nitrogen and oxygen atoms in total. The van der Waals surface area contributed by atoms with Crippen molar-refractivity contribution in [3.63, 3.8) is 0 Å². The normalized spacial score (nSPS) is 15.0. The second-order valence-corrected chi connectivity index (χ2v) is 7.00. The maximum Gasteiger partial charge on any atom is 0.255 e. The van der Waals surface area contributed by atoms with Crippen LogP contribution in [0.5, 0.6) is 5.75 Å². The standard InChI is InChI=1S/C21H28N4O2/c1-24(2)18(16-9-4-5-11-19(16)27-3)15-23-21(26)17-10-8-12-22-20(17)25-13-6-7-14-25/h4-5,8-12,18H,6-7,13-15H2,1-3H3,(H,23,26). The highest BCUT2D eigenvalue weighted by molar-refractivity contribution is 5.98. The van der Waals surface area contributed by atoms with E-state index in [1.165, 1.54) is 0 Å². The van der Waals surface area contributed by atoms with Crippen molar-refractivity contribution >= 4 is 11.7 Å². The number of anilines is 1. The van der Waals surface area contributed by atoms with Gasteiger partial charge in [-0.15, -0.1) is 0 Å². The molecule has 1 N–H and O–H groups in total. The first kappa shape index (κ1) is 19.2. The van der Waals surface area contributed by atoms with Gasteiger partial charge in [0.2, 0.25) is 0 Å². The van der Waals surface area contributed by atoms with E-state index in [9.17, 15) is 4.79 Å². The Labute approximate surface area is 161 Å². The second kappa shape index (κ2) is 8.86. The molecule has 2 heterocycles. The highest BCUT2D eigenvalue weighted by atomic mass is 16.5. The lowest BCUT2D eigenvalue weighted by atomic mass is 10.0. The molecule has 1 aliphatic heterocycles. The fourth-order valence-corrected chi connectivity index (χ4v) is 3.55. The average Bonchev–Trinajstić information content (AvgIpc) is 3.22. The lowest BCUT2D eigenvalue weighted by Gasteiger charge is -2.27. The number of ether oxygens (including phenoxy) is 1. The van der Waals surface area contributed by atoms with E-state index in [4.69, 9.17) is 4.74 Å². The highest BCUT2D eigenvalue weighted by Gasteiger charge is 2.23. The van der Waals surface area contributed by atoms with Crippen molar-refractivity contribution in [3.8, 4) is 5.75 Å². The van der Waals surface area contributed by atoms with Gasteiger partial charge < -0.3 is 19.9 Å². The van der Waals surface area contributed by atoms with E-state index in [0.29, 0.717) is 12.1 Å². The number of nitrogens with one attached hydrogen (secondary N) is 1. The number of rotatable bonds is 7. The second-order valence-electron chi connectivity index (χ2n) is 7.00. The van der Waals surface area contributed by atoms with Crippen molar-refractivity contribution in [1.29, 1.82) is 0 Å². The molecule has 0 aliphatic carbocycles. The lowest BCUT2D eigenvalue weighted by Crippen LogP contribution is -2.35. The van der Waals surface area contributed by atoms with Crippen LogP contribution in [0, 0.1) is 0 Å². The predicted molar refractivity (Wildman–Crippen MR) is 107 cm³/mol. The number of pyridine rings is 1. The summed E-state index contributed by atoms with van der Waals surface area (Å²) in [4.78, 5) is 21.7. The van der Waals surface area contributed by atoms with Crippen molar-refractivity contribution < 1.29 is 9.53 Å². The Balaban J connectivity index is 1.76. The molecule has 1 aromatic carbocycles. The molecule has 1 fully saturated rings. The summed E-state index contributed by atoms with van der Waals surface area (Å²) in [6, 6.07) is 11.6. The van der Waals surface area contributed by atoms with Crippen molar-refractivity contribution in [2.75, 3.05) is 45.7 Å². The van der Waals surface area contributed by atoms with Gasteiger partial charge in [0, 0.05) is 31.4 Å². The van der Waals surface area contributed by atoms with Crippen LogP contribution in [0.3, 0.4) is 0 Å². The summed E-state index contributed by atoms with van der Waals surface area (Å²) in [5, 5.41) is 3.09. The van der Waals surface area contributed by atoms with E-state index in [2.05, 4.69) is 20.1 Å². The van der Waals surface area contributed by atoms with Gasteiger partial charge in [-0.2, -0.15) is 0 Å². The van der Waals surface area contributed by atoms with Crippen molar-refractivity contribution in [2.45, 2.75) is 18.9 Å². The van der Waals surface area contributed by atoms with Gasteiger partial charge in [-0.1, -0.05) is 18.2 Å². The molecule has 1 aliphatic rings. The van der Waals surface area contributed by atoms with Crippen LogP contribution in [0.25, 0.3) is 0 Å². The molecule has 0 radical (unpaired) electrons. The Kier molecular flexibility index (Phi) is 6.29. The zero-order chi connectivity index (χ0) is 19.2. The minimum Gasteiger partial charge on any atom is -0.496 e. The number of carbonyl (C=O) groups excluding carboxylic acids is 1. The van der Waals surface area contributed by atoms with Gasteiger partial charge in [0.15, 0.2) is 0 Å². The van der Waals surface area contributed by atoms with E-state index < -0.39 is 0 Å². The monoisotopic (exact) mass is 368 g/mol. The zero-order valence-electron chi connectivity index (χ0n) is 16.3. The van der Waals surface area contributed by atoms with Gasteiger partial charge in [0.1, 0.15) is 11.6 Å². The molecule has 3 rings (SSSR count). The lowest BCUT2D eigenvalue weighted by molar-refractivity contribution is 0.0941. The van der Waals surface area contributed by atoms with Gasteiger partial charge in [-0.3, -0.25) is 4.79 Å². The van der Waals surface area contributed by atoms with Crippen LogP contribution in [-0.2, 0) is 0 Å². The van der Waals surface area contributed by atoms with Gasteiger partial charge in [0.25, 0.3) is 5.91 Å². The van der Waals surface area contributed by atoms with E-state index in [-0.39, 0.29) is 11.9 Å². The first-order chi connectivity index (χ1) is 13.1. The van der Waals surface area contributed by atoms with Gasteiger partial charge in [-0.05, 0) is 45.1 Å². The smallest absolute Gasteiger partial charge is 0.255 e. The summed E-state index contributed by atoms with van der Waals surface area (Å²) in [6.07, 6.45) is 4.05. The third-order valence-electron chi connectivity index (χ3n) is 5.01. The Morgan fingerprint density at radius 3 is 2.67 bits per heavy atom. The number of carbonyl (C=O) groups is 1. The van der Waals surface area contributed by atoms with Crippen LogP contribution < -0.4 is 15.0 Å². The molecule has 0 saturated carbocycles. The average molecular weight is 368 g/mol. The number of amides is 1. The molecule has 0 spiro atoms. The van der Waals surface area contributed by atoms with Crippen molar-refractivity contribution in [2.24, 2.45) is 0 Å². The van der Waals surface area contributed by atoms with Crippen LogP contribution in [0.15, 0.2) is 42.6 Å². The number of hydrogen-bond donors (Lipinski definition) is 1. The van der Waals surface area contributed by atoms with Crippen molar-refractivity contribution in [3.05, 3.63) is 53.7 Å². The van der Waals surface area contributed by atoms with E-state index in [1.807, 2.05) is 50.5 Å². The molecule has 0 bridgehead atoms. The quantitative estimate of drug-likeness (QED) is 0.814. The Hall–Kier alpha value is -2.60. The summed E-state index contributed by atoms with van der Waals surface area (Å²) >= 11 is 0. The molecule has 2 aromatic rings. The van der Waals surface area contributed by atoms with Crippen molar-refractivity contribution in [1.82, 2.24) is 15.2 Å². The fraction of sp³-hybridized carbons (Fsp3) is 0.429. The third kappa shape index (κ3) is 4.39. The number of aromatic nitrogens is 1. The maximum atomic E-state index is 12.9. The highest BCUT2D eigenvalue weighted by Crippen LogP contribution is 2.28. The Morgan fingerprint density at radius 1 is 1.22 bits per heavy atom. The first-order valence-electron chi connectivity index (χ1n) is 9.39. The van der Waals surface area contributed by atoms with Gasteiger partial charge in [-0.25, -0.2) is 4.98 Å². The van der Waals surface area contributed by atoms with Gasteiger partial charge >= 0.3 is 0 Å².